The molecule has 0 saturated heterocycles. The van der Waals surface area contributed by atoms with Crippen LogP contribution in [0.4, 0.5) is 14.9 Å². The molecular weight excluding hydrogens is 237 g/mol. The highest BCUT2D eigenvalue weighted by atomic mass is 19.1. The predicted octanol–water partition coefficient (Wildman–Crippen LogP) is 2.16. The van der Waals surface area contributed by atoms with E-state index in [1.54, 1.807) is 26.8 Å². The summed E-state index contributed by atoms with van der Waals surface area (Å²) >= 11 is 0. The van der Waals surface area contributed by atoms with E-state index in [1.807, 2.05) is 0 Å². The minimum absolute atomic E-state index is 0.388. The zero-order valence-electron chi connectivity index (χ0n) is 10.8. The number of anilines is 1. The third kappa shape index (κ3) is 6.03. The summed E-state index contributed by atoms with van der Waals surface area (Å²) in [6, 6.07) is 2.93. The van der Waals surface area contributed by atoms with E-state index in [4.69, 9.17) is 4.74 Å². The van der Waals surface area contributed by atoms with Gasteiger partial charge in [0.2, 0.25) is 5.95 Å². The number of hydrogen-bond acceptors (Lipinski definition) is 4. The molecular formula is C12H18FN3O2. The molecule has 0 spiro atoms. The van der Waals surface area contributed by atoms with Gasteiger partial charge in [-0.2, -0.15) is 4.39 Å². The highest BCUT2D eigenvalue weighted by molar-refractivity contribution is 5.67. The Labute approximate surface area is 106 Å². The monoisotopic (exact) mass is 255 g/mol. The molecule has 1 heterocycles. The molecule has 5 nitrogen and oxygen atoms in total. The maximum atomic E-state index is 12.7. The summed E-state index contributed by atoms with van der Waals surface area (Å²) in [5.74, 6) is -0.542. The molecule has 0 atom stereocenters. The van der Waals surface area contributed by atoms with Gasteiger partial charge in [-0.3, -0.25) is 0 Å². The van der Waals surface area contributed by atoms with Gasteiger partial charge >= 0.3 is 6.09 Å². The number of nitrogens with one attached hydrogen (secondary N) is 2. The number of pyridine rings is 1. The SMILES string of the molecule is CC(C)(C)OC(=O)NCCNc1ccnc(F)c1. The molecule has 2 N–H and O–H groups in total. The first-order valence-corrected chi connectivity index (χ1v) is 5.69. The van der Waals surface area contributed by atoms with Crippen LogP contribution in [0.1, 0.15) is 20.8 Å². The van der Waals surface area contributed by atoms with Gasteiger partial charge in [0.05, 0.1) is 0 Å². The van der Waals surface area contributed by atoms with E-state index in [-0.39, 0.29) is 0 Å². The molecule has 18 heavy (non-hydrogen) atoms. The van der Waals surface area contributed by atoms with Crippen molar-refractivity contribution in [2.24, 2.45) is 0 Å². The van der Waals surface area contributed by atoms with Crippen molar-refractivity contribution in [1.82, 2.24) is 10.3 Å². The van der Waals surface area contributed by atoms with E-state index in [0.717, 1.165) is 0 Å². The first-order chi connectivity index (χ1) is 8.37. The van der Waals surface area contributed by atoms with Gasteiger partial charge in [-0.25, -0.2) is 9.78 Å². The Morgan fingerprint density at radius 3 is 2.78 bits per heavy atom. The number of halogens is 1. The number of rotatable bonds is 4. The molecule has 0 radical (unpaired) electrons. The highest BCUT2D eigenvalue weighted by Crippen LogP contribution is 2.07. The Morgan fingerprint density at radius 1 is 1.44 bits per heavy atom. The van der Waals surface area contributed by atoms with Crippen molar-refractivity contribution in [3.05, 3.63) is 24.3 Å². The fourth-order valence-corrected chi connectivity index (χ4v) is 1.20. The third-order valence-electron chi connectivity index (χ3n) is 1.85. The zero-order valence-corrected chi connectivity index (χ0v) is 10.8. The largest absolute Gasteiger partial charge is 0.444 e. The lowest BCUT2D eigenvalue weighted by atomic mass is 10.2. The first-order valence-electron chi connectivity index (χ1n) is 5.69. The molecule has 100 valence electrons. The molecule has 0 aliphatic carbocycles. The van der Waals surface area contributed by atoms with Gasteiger partial charge in [-0.05, 0) is 26.8 Å². The second-order valence-corrected chi connectivity index (χ2v) is 4.72. The lowest BCUT2D eigenvalue weighted by molar-refractivity contribution is 0.0530. The van der Waals surface area contributed by atoms with E-state index >= 15 is 0 Å². The molecule has 0 fully saturated rings. The average molecular weight is 255 g/mol. The van der Waals surface area contributed by atoms with Crippen molar-refractivity contribution in [2.45, 2.75) is 26.4 Å². The lowest BCUT2D eigenvalue weighted by Gasteiger charge is -2.19. The van der Waals surface area contributed by atoms with Gasteiger partial charge in [0.15, 0.2) is 0 Å². The normalized spacial score (nSPS) is 10.9. The van der Waals surface area contributed by atoms with Crippen LogP contribution in [-0.4, -0.2) is 29.8 Å². The van der Waals surface area contributed by atoms with Gasteiger partial charge in [-0.1, -0.05) is 0 Å². The van der Waals surface area contributed by atoms with Gasteiger partial charge in [0, 0.05) is 31.0 Å². The molecule has 1 rings (SSSR count). The fraction of sp³-hybridized carbons (Fsp3) is 0.500. The Kier molecular flexibility index (Phi) is 4.88. The van der Waals surface area contributed by atoms with Crippen molar-refractivity contribution in [1.29, 1.82) is 0 Å². The van der Waals surface area contributed by atoms with Crippen molar-refractivity contribution in [3.8, 4) is 0 Å². The van der Waals surface area contributed by atoms with Crippen molar-refractivity contribution in [3.63, 3.8) is 0 Å². The lowest BCUT2D eigenvalue weighted by Crippen LogP contribution is -2.35. The topological polar surface area (TPSA) is 63.2 Å². The van der Waals surface area contributed by atoms with Crippen molar-refractivity contribution < 1.29 is 13.9 Å². The number of nitrogens with zero attached hydrogens (tertiary/aromatic N) is 1. The second kappa shape index (κ2) is 6.18. The van der Waals surface area contributed by atoms with Crippen LogP contribution in [0.3, 0.4) is 0 Å². The van der Waals surface area contributed by atoms with Gasteiger partial charge in [-0.15, -0.1) is 0 Å². The number of carbonyl (C=O) groups is 1. The maximum absolute atomic E-state index is 12.7. The minimum Gasteiger partial charge on any atom is -0.444 e. The van der Waals surface area contributed by atoms with E-state index in [1.165, 1.54) is 12.3 Å². The second-order valence-electron chi connectivity index (χ2n) is 4.72. The Balaban J connectivity index is 2.21. The molecule has 6 heteroatoms. The van der Waals surface area contributed by atoms with Crippen molar-refractivity contribution >= 4 is 11.8 Å². The Bertz CT molecular complexity index is 405. The van der Waals surface area contributed by atoms with Gasteiger partial charge < -0.3 is 15.4 Å². The number of aromatic nitrogens is 1. The van der Waals surface area contributed by atoms with Crippen LogP contribution >= 0.6 is 0 Å². The molecule has 0 aliphatic rings. The van der Waals surface area contributed by atoms with Crippen molar-refractivity contribution in [2.75, 3.05) is 18.4 Å². The summed E-state index contributed by atoms with van der Waals surface area (Å²) in [5.41, 5.74) is 0.111. The molecule has 1 aromatic heterocycles. The first kappa shape index (κ1) is 14.2. The maximum Gasteiger partial charge on any atom is 0.407 e. The van der Waals surface area contributed by atoms with E-state index < -0.39 is 17.6 Å². The molecule has 0 bridgehead atoms. The molecule has 0 aromatic carbocycles. The molecule has 1 aromatic rings. The zero-order chi connectivity index (χ0) is 13.6. The smallest absolute Gasteiger partial charge is 0.407 e. The van der Waals surface area contributed by atoms with Crippen LogP contribution < -0.4 is 10.6 Å². The number of amides is 1. The van der Waals surface area contributed by atoms with Gasteiger partial charge in [0.1, 0.15) is 5.60 Å². The molecule has 1 amide bonds. The third-order valence-corrected chi connectivity index (χ3v) is 1.85. The van der Waals surface area contributed by atoms with Crippen LogP contribution in [0.5, 0.6) is 0 Å². The summed E-state index contributed by atoms with van der Waals surface area (Å²) in [6.07, 6.45) is 0.907. The molecule has 0 aliphatic heterocycles. The van der Waals surface area contributed by atoms with E-state index in [2.05, 4.69) is 15.6 Å². The number of hydrogen-bond donors (Lipinski definition) is 2. The summed E-state index contributed by atoms with van der Waals surface area (Å²) in [6.45, 7) is 6.25. The number of carbonyl (C=O) groups excluding carboxylic acids is 1. The van der Waals surface area contributed by atoms with Crippen LogP contribution in [0, 0.1) is 5.95 Å². The molecule has 0 saturated carbocycles. The fourth-order valence-electron chi connectivity index (χ4n) is 1.20. The van der Waals surface area contributed by atoms with Crippen LogP contribution in [-0.2, 0) is 4.74 Å². The summed E-state index contributed by atoms with van der Waals surface area (Å²) in [4.78, 5) is 14.7. The van der Waals surface area contributed by atoms with Crippen LogP contribution in [0.25, 0.3) is 0 Å². The minimum atomic E-state index is -0.542. The highest BCUT2D eigenvalue weighted by Gasteiger charge is 2.15. The van der Waals surface area contributed by atoms with Crippen LogP contribution in [0.15, 0.2) is 18.3 Å². The predicted molar refractivity (Wildman–Crippen MR) is 66.9 cm³/mol. The van der Waals surface area contributed by atoms with E-state index in [9.17, 15) is 9.18 Å². The van der Waals surface area contributed by atoms with Crippen LogP contribution in [0.2, 0.25) is 0 Å². The Morgan fingerprint density at radius 2 is 2.17 bits per heavy atom. The average Bonchev–Trinajstić information content (AvgIpc) is 2.22. The molecule has 0 unspecified atom stereocenters. The van der Waals surface area contributed by atoms with Gasteiger partial charge in [0.25, 0.3) is 0 Å². The summed E-state index contributed by atoms with van der Waals surface area (Å²) in [7, 11) is 0. The quantitative estimate of drug-likeness (QED) is 0.639. The van der Waals surface area contributed by atoms with E-state index in [0.29, 0.717) is 18.8 Å². The summed E-state index contributed by atoms with van der Waals surface area (Å²) < 4.78 is 17.8. The summed E-state index contributed by atoms with van der Waals surface area (Å²) in [5, 5.41) is 5.54. The Hall–Kier alpha value is -1.85. The standard InChI is InChI=1S/C12H18FN3O2/c1-12(2,3)18-11(17)16-7-6-14-9-4-5-15-10(13)8-9/h4-5,8H,6-7H2,1-3H3,(H,14,15)(H,16,17). The number of alkyl carbamates (subject to hydrolysis) is 1. The number of ether oxygens (including phenoxy) is 1.